The van der Waals surface area contributed by atoms with Crippen LogP contribution >= 0.6 is 27.5 Å². The molecule has 0 N–H and O–H groups in total. The molecule has 0 aliphatic heterocycles. The van der Waals surface area contributed by atoms with E-state index < -0.39 is 0 Å². The molecule has 0 aliphatic rings. The second-order valence-electron chi connectivity index (χ2n) is 1.43. The van der Waals surface area contributed by atoms with Crippen molar-refractivity contribution in [3.05, 3.63) is 9.74 Å². The monoisotopic (exact) mass is 206 g/mol. The summed E-state index contributed by atoms with van der Waals surface area (Å²) >= 11 is 4.26. The van der Waals surface area contributed by atoms with E-state index in [1.54, 1.807) is 0 Å². The third-order valence-corrected chi connectivity index (χ3v) is 1.83. The van der Waals surface area contributed by atoms with E-state index in [1.807, 2.05) is 0 Å². The molecule has 0 spiro atoms. The maximum Gasteiger partial charge on any atom is 0.209 e. The van der Waals surface area contributed by atoms with Crippen LogP contribution in [-0.4, -0.2) is 15.1 Å². The number of ketones is 1. The van der Waals surface area contributed by atoms with Gasteiger partial charge in [-0.05, 0) is 27.5 Å². The smallest absolute Gasteiger partial charge is 0.209 e. The van der Waals surface area contributed by atoms with Gasteiger partial charge in [0, 0.05) is 6.92 Å². The first-order chi connectivity index (χ1) is 4.20. The summed E-state index contributed by atoms with van der Waals surface area (Å²) < 4.78 is 4.40. The van der Waals surface area contributed by atoms with Crippen LogP contribution in [0.5, 0.6) is 0 Å². The molecule has 0 aromatic carbocycles. The number of aromatic nitrogens is 2. The molecule has 0 fully saturated rings. The Morgan fingerprint density at radius 1 is 1.78 bits per heavy atom. The van der Waals surface area contributed by atoms with Crippen molar-refractivity contribution in [3.63, 3.8) is 0 Å². The highest BCUT2D eigenvalue weighted by molar-refractivity contribution is 9.11. The molecule has 3 nitrogen and oxygen atoms in total. The summed E-state index contributed by atoms with van der Waals surface area (Å²) in [6, 6.07) is 0. The van der Waals surface area contributed by atoms with Crippen LogP contribution in [0.2, 0.25) is 0 Å². The molecule has 9 heavy (non-hydrogen) atoms. The Labute approximate surface area is 64.4 Å². The lowest BCUT2D eigenvalue weighted by molar-refractivity contribution is 0.100. The lowest BCUT2D eigenvalue weighted by atomic mass is 10.4. The fourth-order valence-corrected chi connectivity index (χ4v) is 1.19. The van der Waals surface area contributed by atoms with E-state index in [1.165, 1.54) is 18.5 Å². The van der Waals surface area contributed by atoms with Crippen molar-refractivity contribution in [1.82, 2.24) is 9.36 Å². The summed E-state index contributed by atoms with van der Waals surface area (Å²) in [4.78, 5) is 14.3. The van der Waals surface area contributed by atoms with Crippen LogP contribution in [0.15, 0.2) is 3.92 Å². The van der Waals surface area contributed by atoms with Gasteiger partial charge in [-0.1, -0.05) is 0 Å². The Morgan fingerprint density at radius 2 is 2.44 bits per heavy atom. The lowest BCUT2D eigenvalue weighted by Gasteiger charge is -1.77. The van der Waals surface area contributed by atoms with Crippen LogP contribution in [0.1, 0.15) is 17.5 Å². The highest BCUT2D eigenvalue weighted by Gasteiger charge is 2.04. The topological polar surface area (TPSA) is 42.9 Å². The standard InChI is InChI=1S/C4H3BrN2OS/c1-2(8)3-6-4(5)9-7-3/h1H3. The van der Waals surface area contributed by atoms with Crippen molar-refractivity contribution in [2.45, 2.75) is 6.92 Å². The number of Topliss-reactive ketones (excluding diaryl/α,β-unsaturated/α-hetero) is 1. The summed E-state index contributed by atoms with van der Waals surface area (Å²) in [6.07, 6.45) is 0. The maximum atomic E-state index is 10.5. The number of carbonyl (C=O) groups is 1. The van der Waals surface area contributed by atoms with E-state index in [2.05, 4.69) is 25.3 Å². The minimum atomic E-state index is -0.100. The van der Waals surface area contributed by atoms with Crippen LogP contribution in [0.25, 0.3) is 0 Å². The second kappa shape index (κ2) is 2.53. The predicted molar refractivity (Wildman–Crippen MR) is 37.6 cm³/mol. The molecular weight excluding hydrogens is 204 g/mol. The predicted octanol–water partition coefficient (Wildman–Crippen LogP) is 1.50. The summed E-state index contributed by atoms with van der Waals surface area (Å²) in [7, 11) is 0. The minimum Gasteiger partial charge on any atom is -0.291 e. The zero-order valence-electron chi connectivity index (χ0n) is 4.59. The molecule has 5 heteroatoms. The Bertz CT molecular complexity index is 234. The van der Waals surface area contributed by atoms with Crippen molar-refractivity contribution in [3.8, 4) is 0 Å². The molecule has 0 amide bonds. The zero-order valence-corrected chi connectivity index (χ0v) is 6.99. The van der Waals surface area contributed by atoms with Crippen molar-refractivity contribution >= 4 is 33.2 Å². The summed E-state index contributed by atoms with van der Waals surface area (Å²) in [5.74, 6) is 0.184. The van der Waals surface area contributed by atoms with Gasteiger partial charge >= 0.3 is 0 Å². The number of nitrogens with zero attached hydrogens (tertiary/aromatic N) is 2. The van der Waals surface area contributed by atoms with Gasteiger partial charge in [-0.15, -0.1) is 0 Å². The fourth-order valence-electron chi connectivity index (χ4n) is 0.348. The summed E-state index contributed by atoms with van der Waals surface area (Å²) in [6.45, 7) is 1.44. The summed E-state index contributed by atoms with van der Waals surface area (Å²) in [5.41, 5.74) is 0. The zero-order chi connectivity index (χ0) is 6.85. The van der Waals surface area contributed by atoms with Crippen LogP contribution in [0, 0.1) is 0 Å². The summed E-state index contributed by atoms with van der Waals surface area (Å²) in [5, 5.41) is 0. The van der Waals surface area contributed by atoms with Crippen molar-refractivity contribution < 1.29 is 4.79 Å². The number of hydrogen-bond donors (Lipinski definition) is 0. The van der Waals surface area contributed by atoms with Gasteiger partial charge < -0.3 is 0 Å². The van der Waals surface area contributed by atoms with Crippen LogP contribution in [0.3, 0.4) is 0 Å². The quantitative estimate of drug-likeness (QED) is 0.655. The first-order valence-corrected chi connectivity index (χ1v) is 3.77. The normalized spacial score (nSPS) is 9.56. The van der Waals surface area contributed by atoms with Gasteiger partial charge in [0.15, 0.2) is 9.70 Å². The van der Waals surface area contributed by atoms with E-state index in [0.29, 0.717) is 3.92 Å². The molecule has 0 atom stereocenters. The molecule has 1 rings (SSSR count). The molecule has 0 unspecified atom stereocenters. The SMILES string of the molecule is CC(=O)c1nsc(Br)n1. The van der Waals surface area contributed by atoms with Crippen LogP contribution in [0.4, 0.5) is 0 Å². The van der Waals surface area contributed by atoms with Gasteiger partial charge in [0.1, 0.15) is 0 Å². The lowest BCUT2D eigenvalue weighted by Crippen LogP contribution is -1.93. The number of hydrogen-bond acceptors (Lipinski definition) is 4. The van der Waals surface area contributed by atoms with Gasteiger partial charge in [0.05, 0.1) is 0 Å². The average Bonchev–Trinajstić information content (AvgIpc) is 2.14. The minimum absolute atomic E-state index is 0.100. The van der Waals surface area contributed by atoms with Gasteiger partial charge in [-0.3, -0.25) is 4.79 Å². The van der Waals surface area contributed by atoms with Crippen LogP contribution < -0.4 is 0 Å². The Hall–Kier alpha value is -0.290. The fraction of sp³-hybridized carbons (Fsp3) is 0.250. The third kappa shape index (κ3) is 1.56. The average molecular weight is 207 g/mol. The van der Waals surface area contributed by atoms with Crippen molar-refractivity contribution in [2.24, 2.45) is 0 Å². The molecule has 1 aromatic rings. The van der Waals surface area contributed by atoms with E-state index in [4.69, 9.17) is 0 Å². The van der Waals surface area contributed by atoms with Crippen molar-refractivity contribution in [2.75, 3.05) is 0 Å². The molecule has 0 aliphatic carbocycles. The molecule has 0 saturated carbocycles. The maximum absolute atomic E-state index is 10.5. The Balaban J connectivity index is 2.98. The molecule has 1 aromatic heterocycles. The van der Waals surface area contributed by atoms with Gasteiger partial charge in [-0.25, -0.2) is 4.98 Å². The van der Waals surface area contributed by atoms with Gasteiger partial charge in [-0.2, -0.15) is 4.37 Å². The molecule has 1 heterocycles. The van der Waals surface area contributed by atoms with Gasteiger partial charge in [0.2, 0.25) is 5.82 Å². The molecule has 0 saturated heterocycles. The molecule has 0 radical (unpaired) electrons. The Kier molecular flexibility index (Phi) is 1.92. The van der Waals surface area contributed by atoms with E-state index >= 15 is 0 Å². The second-order valence-corrected chi connectivity index (χ2v) is 3.46. The third-order valence-electron chi connectivity index (χ3n) is 0.716. The molecule has 48 valence electrons. The van der Waals surface area contributed by atoms with E-state index in [0.717, 1.165) is 0 Å². The first-order valence-electron chi connectivity index (χ1n) is 2.20. The largest absolute Gasteiger partial charge is 0.291 e. The molecular formula is C4H3BrN2OS. The Morgan fingerprint density at radius 3 is 2.67 bits per heavy atom. The van der Waals surface area contributed by atoms with E-state index in [9.17, 15) is 4.79 Å². The van der Waals surface area contributed by atoms with E-state index in [-0.39, 0.29) is 11.6 Å². The van der Waals surface area contributed by atoms with Crippen molar-refractivity contribution in [1.29, 1.82) is 0 Å². The highest BCUT2D eigenvalue weighted by atomic mass is 79.9. The number of carbonyl (C=O) groups excluding carboxylic acids is 1. The van der Waals surface area contributed by atoms with Gasteiger partial charge in [0.25, 0.3) is 0 Å². The highest BCUT2D eigenvalue weighted by Crippen LogP contribution is 2.11. The van der Waals surface area contributed by atoms with Crippen LogP contribution in [-0.2, 0) is 0 Å². The molecule has 0 bridgehead atoms. The number of rotatable bonds is 1. The number of halogens is 1. The first kappa shape index (κ1) is 6.82.